The second-order valence-corrected chi connectivity index (χ2v) is 9.28. The molecule has 1 aliphatic rings. The fourth-order valence-corrected chi connectivity index (χ4v) is 4.08. The van der Waals surface area contributed by atoms with Gasteiger partial charge in [-0.05, 0) is 42.9 Å². The molecule has 0 amide bonds. The van der Waals surface area contributed by atoms with E-state index in [9.17, 15) is 9.59 Å². The summed E-state index contributed by atoms with van der Waals surface area (Å²) in [7, 11) is 0. The van der Waals surface area contributed by atoms with Crippen molar-refractivity contribution >= 4 is 17.4 Å². The lowest BCUT2D eigenvalue weighted by Gasteiger charge is -2.24. The van der Waals surface area contributed by atoms with Crippen LogP contribution >= 0.6 is 11.6 Å². The molecule has 1 heterocycles. The number of halogens is 1. The van der Waals surface area contributed by atoms with Crippen molar-refractivity contribution in [2.24, 2.45) is 0 Å². The van der Waals surface area contributed by atoms with E-state index in [4.69, 9.17) is 11.6 Å². The Morgan fingerprint density at radius 3 is 2.57 bits per heavy atom. The Bertz CT molecular complexity index is 1160. The second kappa shape index (κ2) is 7.88. The molecule has 4 rings (SSSR count). The van der Waals surface area contributed by atoms with Crippen LogP contribution in [0.3, 0.4) is 0 Å². The molecule has 156 valence electrons. The van der Waals surface area contributed by atoms with Crippen LogP contribution in [0.5, 0.6) is 0 Å². The number of benzene rings is 2. The summed E-state index contributed by atoms with van der Waals surface area (Å²) in [6, 6.07) is 15.7. The van der Waals surface area contributed by atoms with Gasteiger partial charge in [-0.1, -0.05) is 67.4 Å². The molecule has 2 aromatic carbocycles. The molecule has 0 radical (unpaired) electrons. The van der Waals surface area contributed by atoms with Gasteiger partial charge in [0.1, 0.15) is 6.54 Å². The van der Waals surface area contributed by atoms with Crippen molar-refractivity contribution < 1.29 is 4.79 Å². The molecule has 3 aromatic rings. The van der Waals surface area contributed by atoms with Crippen molar-refractivity contribution in [1.29, 1.82) is 0 Å². The Hall–Kier alpha value is -2.66. The third kappa shape index (κ3) is 4.26. The van der Waals surface area contributed by atoms with Crippen LogP contribution in [0.2, 0.25) is 5.02 Å². The summed E-state index contributed by atoms with van der Waals surface area (Å²) in [4.78, 5) is 25.9. The number of ketones is 1. The SMILES string of the molecule is Cc1cccc(C(C)(C)CC(=O)Cn2nc(-c3cccc(Cl)c3)n(C3CC3)c2=O)c1. The molecule has 1 fully saturated rings. The molecule has 0 bridgehead atoms. The highest BCUT2D eigenvalue weighted by molar-refractivity contribution is 6.30. The number of hydrogen-bond donors (Lipinski definition) is 0. The zero-order valence-corrected chi connectivity index (χ0v) is 18.3. The van der Waals surface area contributed by atoms with Crippen molar-refractivity contribution in [1.82, 2.24) is 14.3 Å². The van der Waals surface area contributed by atoms with Gasteiger partial charge in [0.05, 0.1) is 0 Å². The number of carbonyl (C=O) groups excluding carboxylic acids is 1. The highest BCUT2D eigenvalue weighted by atomic mass is 35.5. The normalized spacial score (nSPS) is 14.1. The Morgan fingerprint density at radius 1 is 1.17 bits per heavy atom. The first-order valence-corrected chi connectivity index (χ1v) is 10.7. The molecule has 1 aliphatic carbocycles. The lowest BCUT2D eigenvalue weighted by molar-refractivity contribution is -0.120. The van der Waals surface area contributed by atoms with Gasteiger partial charge in [-0.3, -0.25) is 9.36 Å². The predicted octanol–water partition coefficient (Wildman–Crippen LogP) is 4.95. The van der Waals surface area contributed by atoms with E-state index in [1.807, 2.05) is 37.3 Å². The van der Waals surface area contributed by atoms with E-state index < -0.39 is 0 Å². The zero-order chi connectivity index (χ0) is 21.5. The van der Waals surface area contributed by atoms with E-state index in [-0.39, 0.29) is 29.5 Å². The van der Waals surface area contributed by atoms with Gasteiger partial charge in [-0.25, -0.2) is 9.48 Å². The summed E-state index contributed by atoms with van der Waals surface area (Å²) >= 11 is 6.14. The maximum Gasteiger partial charge on any atom is 0.346 e. The fourth-order valence-electron chi connectivity index (χ4n) is 3.89. The molecule has 1 aromatic heterocycles. The largest absolute Gasteiger partial charge is 0.346 e. The van der Waals surface area contributed by atoms with E-state index in [1.165, 1.54) is 10.2 Å². The molecule has 0 spiro atoms. The molecule has 30 heavy (non-hydrogen) atoms. The molecule has 1 saturated carbocycles. The molecule has 5 nitrogen and oxygen atoms in total. The van der Waals surface area contributed by atoms with Crippen LogP contribution in [-0.4, -0.2) is 20.1 Å². The Morgan fingerprint density at radius 2 is 1.90 bits per heavy atom. The molecular formula is C24H26ClN3O2. The minimum atomic E-state index is -0.318. The summed E-state index contributed by atoms with van der Waals surface area (Å²) in [6.45, 7) is 6.13. The minimum Gasteiger partial charge on any atom is -0.298 e. The summed E-state index contributed by atoms with van der Waals surface area (Å²) < 4.78 is 3.02. The lowest BCUT2D eigenvalue weighted by Crippen LogP contribution is -2.30. The summed E-state index contributed by atoms with van der Waals surface area (Å²) in [5.74, 6) is 0.567. The third-order valence-electron chi connectivity index (χ3n) is 5.63. The molecule has 0 saturated heterocycles. The first-order valence-electron chi connectivity index (χ1n) is 10.3. The predicted molar refractivity (Wildman–Crippen MR) is 119 cm³/mol. The molecule has 0 aliphatic heterocycles. The number of aryl methyl sites for hydroxylation is 1. The Kier molecular flexibility index (Phi) is 5.41. The monoisotopic (exact) mass is 423 g/mol. The summed E-state index contributed by atoms with van der Waals surface area (Å²) in [5, 5.41) is 5.12. The summed E-state index contributed by atoms with van der Waals surface area (Å²) in [5.41, 5.74) is 2.53. The topological polar surface area (TPSA) is 56.9 Å². The fraction of sp³-hybridized carbons (Fsp3) is 0.375. The van der Waals surface area contributed by atoms with Crippen LogP contribution in [0.25, 0.3) is 11.4 Å². The van der Waals surface area contributed by atoms with Crippen LogP contribution in [-0.2, 0) is 16.8 Å². The van der Waals surface area contributed by atoms with Crippen molar-refractivity contribution in [3.05, 3.63) is 75.2 Å². The van der Waals surface area contributed by atoms with Crippen molar-refractivity contribution in [3.8, 4) is 11.4 Å². The molecular weight excluding hydrogens is 398 g/mol. The van der Waals surface area contributed by atoms with Crippen LogP contribution in [0.1, 0.15) is 50.3 Å². The van der Waals surface area contributed by atoms with Crippen LogP contribution in [0, 0.1) is 6.92 Å². The first-order chi connectivity index (χ1) is 14.2. The number of rotatable bonds is 7. The van der Waals surface area contributed by atoms with Gasteiger partial charge in [0.15, 0.2) is 11.6 Å². The number of nitrogens with zero attached hydrogens (tertiary/aromatic N) is 3. The number of aromatic nitrogens is 3. The van der Waals surface area contributed by atoms with Crippen molar-refractivity contribution in [2.75, 3.05) is 0 Å². The van der Waals surface area contributed by atoms with Gasteiger partial charge in [0, 0.05) is 23.0 Å². The minimum absolute atomic E-state index is 0.0123. The van der Waals surface area contributed by atoms with Crippen LogP contribution in [0.15, 0.2) is 53.3 Å². The molecule has 6 heteroatoms. The maximum atomic E-state index is 13.0. The van der Waals surface area contributed by atoms with E-state index in [0.29, 0.717) is 17.3 Å². The average Bonchev–Trinajstić information content (AvgIpc) is 3.46. The van der Waals surface area contributed by atoms with Gasteiger partial charge < -0.3 is 0 Å². The molecule has 0 atom stereocenters. The Balaban J connectivity index is 1.60. The van der Waals surface area contributed by atoms with Gasteiger partial charge in [0.25, 0.3) is 0 Å². The standard InChI is InChI=1S/C24H26ClN3O2/c1-16-6-4-8-18(12-16)24(2,3)14-21(29)15-27-23(30)28(20-10-11-20)22(26-27)17-7-5-9-19(25)13-17/h4-9,12-13,20H,10-11,14-15H2,1-3H3. The lowest BCUT2D eigenvalue weighted by atomic mass is 9.79. The van der Waals surface area contributed by atoms with E-state index in [1.54, 1.807) is 16.7 Å². The van der Waals surface area contributed by atoms with E-state index in [0.717, 1.165) is 24.0 Å². The van der Waals surface area contributed by atoms with Crippen LogP contribution in [0.4, 0.5) is 0 Å². The van der Waals surface area contributed by atoms with Crippen molar-refractivity contribution in [2.45, 2.75) is 58.0 Å². The number of Topliss-reactive ketones (excluding diaryl/α,β-unsaturated/α-hetero) is 1. The van der Waals surface area contributed by atoms with Gasteiger partial charge in [-0.15, -0.1) is 5.10 Å². The van der Waals surface area contributed by atoms with Crippen molar-refractivity contribution in [3.63, 3.8) is 0 Å². The zero-order valence-electron chi connectivity index (χ0n) is 17.6. The summed E-state index contributed by atoms with van der Waals surface area (Å²) in [6.07, 6.45) is 2.24. The number of hydrogen-bond acceptors (Lipinski definition) is 3. The average molecular weight is 424 g/mol. The van der Waals surface area contributed by atoms with Gasteiger partial charge in [-0.2, -0.15) is 0 Å². The Labute approximate surface area is 181 Å². The van der Waals surface area contributed by atoms with E-state index >= 15 is 0 Å². The highest BCUT2D eigenvalue weighted by Gasteiger charge is 2.31. The van der Waals surface area contributed by atoms with Crippen LogP contribution < -0.4 is 5.69 Å². The smallest absolute Gasteiger partial charge is 0.298 e. The molecule has 0 N–H and O–H groups in total. The third-order valence-corrected chi connectivity index (χ3v) is 5.87. The quantitative estimate of drug-likeness (QED) is 0.540. The second-order valence-electron chi connectivity index (χ2n) is 8.84. The maximum absolute atomic E-state index is 13.0. The van der Waals surface area contributed by atoms with E-state index in [2.05, 4.69) is 25.0 Å². The first kappa shape index (κ1) is 20.6. The highest BCUT2D eigenvalue weighted by Crippen LogP contribution is 2.37. The van der Waals surface area contributed by atoms with Gasteiger partial charge in [0.2, 0.25) is 0 Å². The molecule has 0 unspecified atom stereocenters. The number of carbonyl (C=O) groups is 1. The van der Waals surface area contributed by atoms with Gasteiger partial charge >= 0.3 is 5.69 Å².